The van der Waals surface area contributed by atoms with Gasteiger partial charge in [0.15, 0.2) is 0 Å². The highest BCUT2D eigenvalue weighted by Gasteiger charge is 2.18. The summed E-state index contributed by atoms with van der Waals surface area (Å²) in [7, 11) is -2.39. The maximum absolute atomic E-state index is 12.1. The van der Waals surface area contributed by atoms with Gasteiger partial charge in [0, 0.05) is 5.56 Å². The van der Waals surface area contributed by atoms with E-state index in [4.69, 9.17) is 4.74 Å². The molecule has 1 amide bonds. The lowest BCUT2D eigenvalue weighted by Crippen LogP contribution is -2.30. The predicted octanol–water partition coefficient (Wildman–Crippen LogP) is 2.12. The van der Waals surface area contributed by atoms with E-state index in [2.05, 4.69) is 0 Å². The quantitative estimate of drug-likeness (QED) is 0.939. The van der Waals surface area contributed by atoms with Crippen molar-refractivity contribution in [2.24, 2.45) is 0 Å². The molecule has 2 rings (SSSR count). The maximum atomic E-state index is 12.1. The minimum absolute atomic E-state index is 0.0393. The van der Waals surface area contributed by atoms with E-state index >= 15 is 0 Å². The highest BCUT2D eigenvalue weighted by molar-refractivity contribution is 7.90. The van der Waals surface area contributed by atoms with Crippen molar-refractivity contribution in [3.05, 3.63) is 59.7 Å². The number of sulfonamides is 1. The van der Waals surface area contributed by atoms with Crippen LogP contribution in [-0.4, -0.2) is 21.4 Å². The van der Waals surface area contributed by atoms with Gasteiger partial charge in [-0.05, 0) is 36.8 Å². The van der Waals surface area contributed by atoms with Gasteiger partial charge < -0.3 is 4.74 Å². The lowest BCUT2D eigenvalue weighted by atomic mass is 10.1. The van der Waals surface area contributed by atoms with Crippen molar-refractivity contribution in [1.29, 1.82) is 0 Å². The summed E-state index contributed by atoms with van der Waals surface area (Å²) < 4.78 is 31.3. The van der Waals surface area contributed by atoms with Gasteiger partial charge in [0.2, 0.25) is 0 Å². The van der Waals surface area contributed by atoms with Crippen LogP contribution >= 0.6 is 0 Å². The Morgan fingerprint density at radius 2 is 1.76 bits per heavy atom. The second-order valence-electron chi connectivity index (χ2n) is 4.43. The lowest BCUT2D eigenvalue weighted by Gasteiger charge is -2.09. The molecule has 0 atom stereocenters. The Balaban J connectivity index is 2.26. The summed E-state index contributed by atoms with van der Waals surface area (Å²) in [6.07, 6.45) is 0. The van der Waals surface area contributed by atoms with E-state index in [1.807, 2.05) is 11.6 Å². The number of methoxy groups -OCH3 is 1. The molecule has 0 heterocycles. The van der Waals surface area contributed by atoms with Crippen molar-refractivity contribution < 1.29 is 17.9 Å². The number of rotatable bonds is 4. The second-order valence-corrected chi connectivity index (χ2v) is 6.11. The van der Waals surface area contributed by atoms with Crippen LogP contribution in [0.25, 0.3) is 0 Å². The largest absolute Gasteiger partial charge is 0.496 e. The summed E-state index contributed by atoms with van der Waals surface area (Å²) in [6.45, 7) is 1.83. The summed E-state index contributed by atoms with van der Waals surface area (Å²) in [5, 5.41) is 0. The first-order chi connectivity index (χ1) is 9.94. The normalized spacial score (nSPS) is 11.0. The van der Waals surface area contributed by atoms with Gasteiger partial charge in [0.1, 0.15) is 5.75 Å². The number of benzene rings is 2. The van der Waals surface area contributed by atoms with Crippen molar-refractivity contribution in [2.75, 3.05) is 7.11 Å². The molecular formula is C15H15NO4S. The van der Waals surface area contributed by atoms with Crippen molar-refractivity contribution in [1.82, 2.24) is 4.72 Å². The average molecular weight is 305 g/mol. The van der Waals surface area contributed by atoms with Crippen molar-refractivity contribution in [3.8, 4) is 5.75 Å². The minimum Gasteiger partial charge on any atom is -0.496 e. The van der Waals surface area contributed by atoms with Crippen molar-refractivity contribution in [3.63, 3.8) is 0 Å². The Kier molecular flexibility index (Phi) is 4.28. The van der Waals surface area contributed by atoms with Crippen LogP contribution < -0.4 is 9.46 Å². The molecule has 21 heavy (non-hydrogen) atoms. The van der Waals surface area contributed by atoms with Crippen LogP contribution in [0.2, 0.25) is 0 Å². The SMILES string of the molecule is COc1cc(C(=O)NS(=O)(=O)c2ccccc2)ccc1C. The van der Waals surface area contributed by atoms with E-state index in [1.54, 1.807) is 30.3 Å². The monoisotopic (exact) mass is 305 g/mol. The van der Waals surface area contributed by atoms with Gasteiger partial charge in [-0.25, -0.2) is 13.1 Å². The third-order valence-electron chi connectivity index (χ3n) is 2.95. The van der Waals surface area contributed by atoms with E-state index in [0.717, 1.165) is 5.56 Å². The Labute approximate surface area is 123 Å². The van der Waals surface area contributed by atoms with Crippen LogP contribution in [-0.2, 0) is 10.0 Å². The van der Waals surface area contributed by atoms with Gasteiger partial charge in [0.05, 0.1) is 12.0 Å². The first-order valence-electron chi connectivity index (χ1n) is 6.21. The maximum Gasteiger partial charge on any atom is 0.265 e. The molecule has 6 heteroatoms. The number of nitrogens with one attached hydrogen (secondary N) is 1. The molecule has 0 unspecified atom stereocenters. The predicted molar refractivity (Wildman–Crippen MR) is 78.8 cm³/mol. The molecule has 1 N–H and O–H groups in total. The smallest absolute Gasteiger partial charge is 0.265 e. The molecular weight excluding hydrogens is 290 g/mol. The summed E-state index contributed by atoms with van der Waals surface area (Å²) in [5.74, 6) is -0.170. The zero-order valence-electron chi connectivity index (χ0n) is 11.7. The van der Waals surface area contributed by atoms with E-state index < -0.39 is 15.9 Å². The van der Waals surface area contributed by atoms with Crippen LogP contribution in [0, 0.1) is 6.92 Å². The number of ether oxygens (including phenoxy) is 1. The molecule has 0 saturated heterocycles. The molecule has 0 aliphatic carbocycles. The molecule has 0 aromatic heterocycles. The molecule has 110 valence electrons. The fraction of sp³-hybridized carbons (Fsp3) is 0.133. The molecule has 5 nitrogen and oxygen atoms in total. The van der Waals surface area contributed by atoms with Crippen LogP contribution in [0.15, 0.2) is 53.4 Å². The number of hydrogen-bond acceptors (Lipinski definition) is 4. The highest BCUT2D eigenvalue weighted by Crippen LogP contribution is 2.19. The number of amides is 1. The van der Waals surface area contributed by atoms with E-state index in [-0.39, 0.29) is 10.5 Å². The van der Waals surface area contributed by atoms with E-state index in [9.17, 15) is 13.2 Å². The minimum atomic E-state index is -3.88. The Bertz CT molecular complexity index is 754. The molecule has 0 aliphatic rings. The third kappa shape index (κ3) is 3.41. The number of carbonyl (C=O) groups is 1. The number of aryl methyl sites for hydroxylation is 1. The Hall–Kier alpha value is -2.34. The molecule has 2 aromatic rings. The lowest BCUT2D eigenvalue weighted by molar-refractivity contribution is 0.0981. The molecule has 0 aliphatic heterocycles. The summed E-state index contributed by atoms with van der Waals surface area (Å²) in [5.41, 5.74) is 1.08. The van der Waals surface area contributed by atoms with Gasteiger partial charge >= 0.3 is 0 Å². The van der Waals surface area contributed by atoms with Gasteiger partial charge in [-0.2, -0.15) is 0 Å². The van der Waals surface area contributed by atoms with Crippen molar-refractivity contribution >= 4 is 15.9 Å². The zero-order valence-corrected chi connectivity index (χ0v) is 12.5. The molecule has 2 aromatic carbocycles. The van der Waals surface area contributed by atoms with E-state index in [1.165, 1.54) is 25.3 Å². The number of carbonyl (C=O) groups excluding carboxylic acids is 1. The van der Waals surface area contributed by atoms with Crippen LogP contribution in [0.5, 0.6) is 5.75 Å². The van der Waals surface area contributed by atoms with Crippen molar-refractivity contribution in [2.45, 2.75) is 11.8 Å². The van der Waals surface area contributed by atoms with Crippen LogP contribution in [0.3, 0.4) is 0 Å². The standard InChI is InChI=1S/C15H15NO4S/c1-11-8-9-12(10-14(11)20-2)15(17)16-21(18,19)13-6-4-3-5-7-13/h3-10H,1-2H3,(H,16,17). The zero-order chi connectivity index (χ0) is 15.5. The number of hydrogen-bond donors (Lipinski definition) is 1. The van der Waals surface area contributed by atoms with E-state index in [0.29, 0.717) is 5.75 Å². The van der Waals surface area contributed by atoms with Crippen LogP contribution in [0.4, 0.5) is 0 Å². The topological polar surface area (TPSA) is 72.5 Å². The Morgan fingerprint density at radius 3 is 2.38 bits per heavy atom. The Morgan fingerprint density at radius 1 is 1.10 bits per heavy atom. The molecule has 0 fully saturated rings. The first kappa shape index (κ1) is 15.1. The van der Waals surface area contributed by atoms with Gasteiger partial charge in [-0.3, -0.25) is 4.79 Å². The first-order valence-corrected chi connectivity index (χ1v) is 7.69. The summed E-state index contributed by atoms with van der Waals surface area (Å²) >= 11 is 0. The highest BCUT2D eigenvalue weighted by atomic mass is 32.2. The van der Waals surface area contributed by atoms with Gasteiger partial charge in [-0.15, -0.1) is 0 Å². The average Bonchev–Trinajstić information content (AvgIpc) is 2.48. The molecule has 0 spiro atoms. The van der Waals surface area contributed by atoms with Gasteiger partial charge in [0.25, 0.3) is 15.9 Å². The van der Waals surface area contributed by atoms with Crippen LogP contribution in [0.1, 0.15) is 15.9 Å². The fourth-order valence-electron chi connectivity index (χ4n) is 1.80. The summed E-state index contributed by atoms with van der Waals surface area (Å²) in [6, 6.07) is 12.5. The molecule has 0 radical (unpaired) electrons. The van der Waals surface area contributed by atoms with Gasteiger partial charge in [-0.1, -0.05) is 24.3 Å². The third-order valence-corrected chi connectivity index (χ3v) is 4.30. The summed E-state index contributed by atoms with van der Waals surface area (Å²) in [4.78, 5) is 12.1. The molecule has 0 saturated carbocycles. The second kappa shape index (κ2) is 5.97. The fourth-order valence-corrected chi connectivity index (χ4v) is 2.80. The molecule has 0 bridgehead atoms.